The van der Waals surface area contributed by atoms with Gasteiger partial charge in [0, 0.05) is 25.8 Å². The van der Waals surface area contributed by atoms with E-state index in [4.69, 9.17) is 10.5 Å². The first-order valence-corrected chi connectivity index (χ1v) is 5.89. The fourth-order valence-corrected chi connectivity index (χ4v) is 1.79. The van der Waals surface area contributed by atoms with E-state index in [1.807, 2.05) is 39.1 Å². The van der Waals surface area contributed by atoms with Crippen molar-refractivity contribution in [3.8, 4) is 11.3 Å². The Morgan fingerprint density at radius 1 is 1.28 bits per heavy atom. The molecule has 0 unspecified atom stereocenters. The van der Waals surface area contributed by atoms with E-state index < -0.39 is 0 Å². The van der Waals surface area contributed by atoms with Gasteiger partial charge in [0.05, 0.1) is 11.3 Å². The van der Waals surface area contributed by atoms with Crippen molar-refractivity contribution >= 4 is 5.82 Å². The van der Waals surface area contributed by atoms with E-state index in [0.29, 0.717) is 5.82 Å². The monoisotopic (exact) mass is 245 g/mol. The second-order valence-electron chi connectivity index (χ2n) is 4.87. The van der Waals surface area contributed by atoms with E-state index in [2.05, 4.69) is 17.2 Å². The van der Waals surface area contributed by atoms with E-state index in [9.17, 15) is 0 Å². The summed E-state index contributed by atoms with van der Waals surface area (Å²) in [5.41, 5.74) is 8.54. The van der Waals surface area contributed by atoms with Gasteiger partial charge in [-0.25, -0.2) is 0 Å². The van der Waals surface area contributed by atoms with Gasteiger partial charge in [-0.2, -0.15) is 5.10 Å². The summed E-state index contributed by atoms with van der Waals surface area (Å²) < 4.78 is 7.16. The molecule has 0 fully saturated rings. The highest BCUT2D eigenvalue weighted by Crippen LogP contribution is 2.28. The van der Waals surface area contributed by atoms with Crippen LogP contribution in [0.5, 0.6) is 0 Å². The minimum absolute atomic E-state index is 0.309. The molecule has 0 saturated carbocycles. The molecule has 1 heterocycles. The van der Waals surface area contributed by atoms with Gasteiger partial charge in [0.15, 0.2) is 0 Å². The molecule has 18 heavy (non-hydrogen) atoms. The summed E-state index contributed by atoms with van der Waals surface area (Å²) in [7, 11) is 3.55. The highest BCUT2D eigenvalue weighted by molar-refractivity contribution is 5.63. The van der Waals surface area contributed by atoms with Crippen molar-refractivity contribution in [3.63, 3.8) is 0 Å². The molecule has 96 valence electrons. The maximum absolute atomic E-state index is 5.80. The van der Waals surface area contributed by atoms with E-state index >= 15 is 0 Å². The van der Waals surface area contributed by atoms with Gasteiger partial charge in [-0.1, -0.05) is 18.2 Å². The van der Waals surface area contributed by atoms with E-state index in [1.54, 1.807) is 11.8 Å². The van der Waals surface area contributed by atoms with Crippen LogP contribution >= 0.6 is 0 Å². The molecule has 0 amide bonds. The van der Waals surface area contributed by atoms with Crippen molar-refractivity contribution in [2.24, 2.45) is 7.05 Å². The van der Waals surface area contributed by atoms with Crippen LogP contribution in [0.3, 0.4) is 0 Å². The molecule has 4 heteroatoms. The first-order valence-electron chi connectivity index (χ1n) is 5.89. The van der Waals surface area contributed by atoms with E-state index in [1.165, 1.54) is 0 Å². The zero-order valence-corrected chi connectivity index (χ0v) is 11.3. The molecule has 0 aliphatic rings. The van der Waals surface area contributed by atoms with Crippen molar-refractivity contribution in [2.45, 2.75) is 19.4 Å². The summed E-state index contributed by atoms with van der Waals surface area (Å²) in [5.74, 6) is 0.654. The van der Waals surface area contributed by atoms with Crippen LogP contribution in [0.1, 0.15) is 19.4 Å². The molecule has 0 saturated heterocycles. The molecule has 0 radical (unpaired) electrons. The molecule has 0 aliphatic carbocycles. The van der Waals surface area contributed by atoms with Gasteiger partial charge >= 0.3 is 0 Å². The summed E-state index contributed by atoms with van der Waals surface area (Å²) in [4.78, 5) is 0. The Hall–Kier alpha value is -1.81. The molecule has 0 spiro atoms. The lowest BCUT2D eigenvalue weighted by molar-refractivity contribution is 0.0192. The number of ether oxygens (including phenoxy) is 1. The quantitative estimate of drug-likeness (QED) is 0.904. The number of hydrogen-bond acceptors (Lipinski definition) is 3. The predicted molar refractivity (Wildman–Crippen MR) is 73.1 cm³/mol. The van der Waals surface area contributed by atoms with Crippen molar-refractivity contribution in [1.82, 2.24) is 9.78 Å². The van der Waals surface area contributed by atoms with Gasteiger partial charge in [-0.15, -0.1) is 0 Å². The van der Waals surface area contributed by atoms with Gasteiger partial charge in [-0.05, 0) is 25.5 Å². The number of nitrogens with zero attached hydrogens (tertiary/aromatic N) is 2. The van der Waals surface area contributed by atoms with Crippen molar-refractivity contribution in [2.75, 3.05) is 12.8 Å². The maximum Gasteiger partial charge on any atom is 0.121 e. The summed E-state index contributed by atoms with van der Waals surface area (Å²) >= 11 is 0. The molecular weight excluding hydrogens is 226 g/mol. The minimum atomic E-state index is -0.309. The smallest absolute Gasteiger partial charge is 0.121 e. The Labute approximate surface area is 107 Å². The Kier molecular flexibility index (Phi) is 3.13. The number of nitrogen functional groups attached to an aromatic ring is 1. The van der Waals surface area contributed by atoms with Gasteiger partial charge in [0.25, 0.3) is 0 Å². The predicted octanol–water partition coefficient (Wildman–Crippen LogP) is 2.55. The third kappa shape index (κ3) is 2.24. The zero-order chi connectivity index (χ0) is 13.3. The van der Waals surface area contributed by atoms with Crippen LogP contribution in [0.4, 0.5) is 5.82 Å². The number of benzene rings is 1. The third-order valence-electron chi connectivity index (χ3n) is 3.28. The van der Waals surface area contributed by atoms with Crippen LogP contribution in [0.25, 0.3) is 11.3 Å². The first-order chi connectivity index (χ1) is 8.44. The molecule has 1 aromatic carbocycles. The maximum atomic E-state index is 5.80. The topological polar surface area (TPSA) is 53.1 Å². The number of aromatic nitrogens is 2. The third-order valence-corrected chi connectivity index (χ3v) is 3.28. The van der Waals surface area contributed by atoms with Crippen LogP contribution < -0.4 is 5.73 Å². The Bertz CT molecular complexity index is 538. The summed E-state index contributed by atoms with van der Waals surface area (Å²) in [6.07, 6.45) is 0. The lowest BCUT2D eigenvalue weighted by atomic mass is 9.95. The lowest BCUT2D eigenvalue weighted by Gasteiger charge is -2.23. The van der Waals surface area contributed by atoms with E-state index in [-0.39, 0.29) is 5.60 Å². The van der Waals surface area contributed by atoms with Crippen molar-refractivity contribution < 1.29 is 4.74 Å². The largest absolute Gasteiger partial charge is 0.384 e. The molecule has 2 aromatic rings. The number of rotatable bonds is 3. The van der Waals surface area contributed by atoms with Crippen molar-refractivity contribution in [1.29, 1.82) is 0 Å². The number of methoxy groups -OCH3 is 1. The van der Waals surface area contributed by atoms with Crippen LogP contribution in [-0.4, -0.2) is 16.9 Å². The van der Waals surface area contributed by atoms with Crippen molar-refractivity contribution in [3.05, 3.63) is 35.9 Å². The lowest BCUT2D eigenvalue weighted by Crippen LogP contribution is -2.19. The number of aryl methyl sites for hydroxylation is 1. The van der Waals surface area contributed by atoms with Crippen LogP contribution in [0.2, 0.25) is 0 Å². The molecule has 0 atom stereocenters. The fraction of sp³-hybridized carbons (Fsp3) is 0.357. The normalized spacial score (nSPS) is 11.8. The first kappa shape index (κ1) is 12.6. The minimum Gasteiger partial charge on any atom is -0.384 e. The van der Waals surface area contributed by atoms with E-state index in [0.717, 1.165) is 16.8 Å². The highest BCUT2D eigenvalue weighted by atomic mass is 16.5. The van der Waals surface area contributed by atoms with Crippen LogP contribution in [0, 0.1) is 0 Å². The standard InChI is InChI=1S/C14H19N3O/c1-14(2,18-4)11-7-5-6-10(8-11)12-9-13(15)17(3)16-12/h5-9H,15H2,1-4H3. The average Bonchev–Trinajstić information content (AvgIpc) is 2.70. The van der Waals surface area contributed by atoms with Crippen LogP contribution in [-0.2, 0) is 17.4 Å². The molecule has 0 aliphatic heterocycles. The Balaban J connectivity index is 2.44. The van der Waals surface area contributed by atoms with Crippen LogP contribution in [0.15, 0.2) is 30.3 Å². The Morgan fingerprint density at radius 3 is 2.56 bits per heavy atom. The Morgan fingerprint density at radius 2 is 2.00 bits per heavy atom. The molecule has 4 nitrogen and oxygen atoms in total. The number of anilines is 1. The molecule has 1 aromatic heterocycles. The zero-order valence-electron chi connectivity index (χ0n) is 11.3. The average molecular weight is 245 g/mol. The number of nitrogens with two attached hydrogens (primary N) is 1. The van der Waals surface area contributed by atoms with Gasteiger partial charge in [0.1, 0.15) is 5.82 Å². The van der Waals surface area contributed by atoms with Gasteiger partial charge in [0.2, 0.25) is 0 Å². The summed E-state index contributed by atoms with van der Waals surface area (Å²) in [6.45, 7) is 4.08. The molecule has 0 bridgehead atoms. The second kappa shape index (κ2) is 4.46. The summed E-state index contributed by atoms with van der Waals surface area (Å²) in [6, 6.07) is 10.1. The fourth-order valence-electron chi connectivity index (χ4n) is 1.79. The molecule has 2 rings (SSSR count). The second-order valence-corrected chi connectivity index (χ2v) is 4.87. The SMILES string of the molecule is COC(C)(C)c1cccc(-c2cc(N)n(C)n2)c1. The number of hydrogen-bond donors (Lipinski definition) is 1. The highest BCUT2D eigenvalue weighted by Gasteiger charge is 2.20. The molecular formula is C14H19N3O. The van der Waals surface area contributed by atoms with Gasteiger partial charge in [-0.3, -0.25) is 4.68 Å². The van der Waals surface area contributed by atoms with Gasteiger partial charge < -0.3 is 10.5 Å². The summed E-state index contributed by atoms with van der Waals surface area (Å²) in [5, 5.41) is 4.38. The molecule has 2 N–H and O–H groups in total.